The van der Waals surface area contributed by atoms with Crippen LogP contribution in [0.5, 0.6) is 0 Å². The van der Waals surface area contributed by atoms with Gasteiger partial charge in [-0.1, -0.05) is 27.7 Å². The molecule has 1 aromatic heterocycles. The number of carbonyl (C=O) groups excluding carboxylic acids is 1. The molecule has 0 bridgehead atoms. The minimum absolute atomic E-state index is 0.0389. The van der Waals surface area contributed by atoms with Gasteiger partial charge in [-0.05, 0) is 23.7 Å². The Hall–Kier alpha value is -1.01. The molecule has 0 aliphatic heterocycles. The van der Waals surface area contributed by atoms with Crippen molar-refractivity contribution in [3.63, 3.8) is 0 Å². The number of halogens is 1. The van der Waals surface area contributed by atoms with Gasteiger partial charge in [0.15, 0.2) is 5.76 Å². The number of amides is 1. The third-order valence-electron chi connectivity index (χ3n) is 5.15. The third kappa shape index (κ3) is 2.71. The van der Waals surface area contributed by atoms with Crippen LogP contribution in [0.2, 0.25) is 0 Å². The van der Waals surface area contributed by atoms with E-state index in [1.807, 2.05) is 0 Å². The van der Waals surface area contributed by atoms with Crippen molar-refractivity contribution < 1.29 is 17.6 Å². The van der Waals surface area contributed by atoms with Crippen LogP contribution >= 0.6 is 10.7 Å². The van der Waals surface area contributed by atoms with Gasteiger partial charge in [-0.15, -0.1) is 0 Å². The van der Waals surface area contributed by atoms with Crippen molar-refractivity contribution in [3.05, 3.63) is 17.6 Å². The summed E-state index contributed by atoms with van der Waals surface area (Å²) < 4.78 is 27.8. The van der Waals surface area contributed by atoms with E-state index in [-0.39, 0.29) is 27.2 Å². The van der Waals surface area contributed by atoms with Crippen molar-refractivity contribution in [2.45, 2.75) is 39.5 Å². The maximum atomic E-state index is 12.0. The highest BCUT2D eigenvalue weighted by Gasteiger charge is 2.64. The van der Waals surface area contributed by atoms with Crippen molar-refractivity contribution in [2.75, 3.05) is 6.54 Å². The van der Waals surface area contributed by atoms with Crippen molar-refractivity contribution in [2.24, 2.45) is 16.7 Å². The van der Waals surface area contributed by atoms with E-state index in [1.54, 1.807) is 0 Å². The standard InChI is InChI=1S/C14H20ClNO4S/c1-8-10(21(15,18)19)6-9(20-8)12(17)16-7-11-13(2,3)14(11,4)5/h6,11H,7H2,1-5H3,(H,16,17). The van der Waals surface area contributed by atoms with Gasteiger partial charge >= 0.3 is 0 Å². The molecule has 1 amide bonds. The van der Waals surface area contributed by atoms with Crippen LogP contribution in [0.1, 0.15) is 44.0 Å². The van der Waals surface area contributed by atoms with Gasteiger partial charge in [0.2, 0.25) is 0 Å². The van der Waals surface area contributed by atoms with E-state index < -0.39 is 15.0 Å². The van der Waals surface area contributed by atoms with Crippen LogP contribution in [0.25, 0.3) is 0 Å². The van der Waals surface area contributed by atoms with Gasteiger partial charge in [0.1, 0.15) is 10.7 Å². The molecule has 0 saturated heterocycles. The molecule has 7 heteroatoms. The molecular formula is C14H20ClNO4S. The lowest BCUT2D eigenvalue weighted by molar-refractivity contribution is 0.0921. The van der Waals surface area contributed by atoms with E-state index in [0.29, 0.717) is 12.5 Å². The zero-order chi connectivity index (χ0) is 16.2. The van der Waals surface area contributed by atoms with E-state index >= 15 is 0 Å². The molecule has 1 fully saturated rings. The summed E-state index contributed by atoms with van der Waals surface area (Å²) in [6, 6.07) is 1.16. The molecule has 1 N–H and O–H groups in total. The molecule has 5 nitrogen and oxygen atoms in total. The summed E-state index contributed by atoms with van der Waals surface area (Å²) in [5.74, 6) is 0.0228. The fraction of sp³-hybridized carbons (Fsp3) is 0.643. The normalized spacial score (nSPS) is 20.3. The highest BCUT2D eigenvalue weighted by molar-refractivity contribution is 8.13. The number of hydrogen-bond donors (Lipinski definition) is 1. The number of aryl methyl sites for hydroxylation is 1. The highest BCUT2D eigenvalue weighted by atomic mass is 35.7. The van der Waals surface area contributed by atoms with Gasteiger partial charge in [0.05, 0.1) is 0 Å². The summed E-state index contributed by atoms with van der Waals surface area (Å²) in [6.07, 6.45) is 0. The summed E-state index contributed by atoms with van der Waals surface area (Å²) in [5, 5.41) is 2.79. The van der Waals surface area contributed by atoms with Gasteiger partial charge < -0.3 is 9.73 Å². The first-order valence-corrected chi connectivity index (χ1v) is 9.03. The average molecular weight is 334 g/mol. The van der Waals surface area contributed by atoms with Gasteiger partial charge in [0, 0.05) is 23.3 Å². The summed E-state index contributed by atoms with van der Waals surface area (Å²) >= 11 is 0. The Morgan fingerprint density at radius 2 is 1.86 bits per heavy atom. The molecule has 0 atom stereocenters. The molecular weight excluding hydrogens is 314 g/mol. The summed E-state index contributed by atoms with van der Waals surface area (Å²) in [7, 11) is 1.37. The number of furan rings is 1. The zero-order valence-electron chi connectivity index (χ0n) is 12.8. The highest BCUT2D eigenvalue weighted by Crippen LogP contribution is 2.67. The molecule has 1 aliphatic rings. The maximum Gasteiger partial charge on any atom is 0.287 e. The first-order valence-electron chi connectivity index (χ1n) is 6.72. The Balaban J connectivity index is 2.06. The Labute approximate surface area is 129 Å². The number of rotatable bonds is 4. The quantitative estimate of drug-likeness (QED) is 0.859. The lowest BCUT2D eigenvalue weighted by Crippen LogP contribution is -2.26. The van der Waals surface area contributed by atoms with Crippen LogP contribution in [0.3, 0.4) is 0 Å². The molecule has 0 spiro atoms. The van der Waals surface area contributed by atoms with Crippen molar-refractivity contribution in [1.82, 2.24) is 5.32 Å². The Morgan fingerprint density at radius 1 is 1.33 bits per heavy atom. The monoisotopic (exact) mass is 333 g/mol. The smallest absolute Gasteiger partial charge is 0.287 e. The fourth-order valence-electron chi connectivity index (χ4n) is 2.94. The lowest BCUT2D eigenvalue weighted by atomic mass is 10.0. The van der Waals surface area contributed by atoms with Crippen LogP contribution in [-0.4, -0.2) is 20.9 Å². The molecule has 1 saturated carbocycles. The molecule has 0 unspecified atom stereocenters. The number of nitrogens with one attached hydrogen (secondary N) is 1. The second-order valence-electron chi connectivity index (χ2n) is 6.67. The fourth-order valence-corrected chi connectivity index (χ4v) is 4.04. The van der Waals surface area contributed by atoms with Crippen molar-refractivity contribution >= 4 is 25.6 Å². The lowest BCUT2D eigenvalue weighted by Gasteiger charge is -2.04. The van der Waals surface area contributed by atoms with E-state index in [2.05, 4.69) is 33.0 Å². The molecule has 1 heterocycles. The van der Waals surface area contributed by atoms with Crippen LogP contribution in [0, 0.1) is 23.7 Å². The Kier molecular flexibility index (Phi) is 3.70. The molecule has 0 radical (unpaired) electrons. The first kappa shape index (κ1) is 16.4. The first-order chi connectivity index (χ1) is 9.39. The number of hydrogen-bond acceptors (Lipinski definition) is 4. The summed E-state index contributed by atoms with van der Waals surface area (Å²) in [6.45, 7) is 10.6. The minimum atomic E-state index is -3.90. The third-order valence-corrected chi connectivity index (χ3v) is 6.57. The Morgan fingerprint density at radius 3 is 2.24 bits per heavy atom. The largest absolute Gasteiger partial charge is 0.455 e. The number of carbonyl (C=O) groups is 1. The molecule has 1 aliphatic carbocycles. The minimum Gasteiger partial charge on any atom is -0.455 e. The van der Waals surface area contributed by atoms with E-state index in [9.17, 15) is 13.2 Å². The second-order valence-corrected chi connectivity index (χ2v) is 9.21. The van der Waals surface area contributed by atoms with E-state index in [0.717, 1.165) is 6.07 Å². The van der Waals surface area contributed by atoms with Gasteiger partial charge in [0.25, 0.3) is 15.0 Å². The van der Waals surface area contributed by atoms with Crippen LogP contribution in [0.4, 0.5) is 0 Å². The summed E-state index contributed by atoms with van der Waals surface area (Å²) in [4.78, 5) is 11.9. The summed E-state index contributed by atoms with van der Waals surface area (Å²) in [5.41, 5.74) is 0.341. The predicted octanol–water partition coefficient (Wildman–Crippen LogP) is 2.93. The Bertz CT molecular complexity index is 674. The van der Waals surface area contributed by atoms with Crippen molar-refractivity contribution in [1.29, 1.82) is 0 Å². The molecule has 118 valence electrons. The molecule has 2 rings (SSSR count). The van der Waals surface area contributed by atoms with Crippen LogP contribution in [-0.2, 0) is 9.05 Å². The van der Waals surface area contributed by atoms with Gasteiger partial charge in [-0.3, -0.25) is 4.79 Å². The SMILES string of the molecule is Cc1oc(C(=O)NCC2C(C)(C)C2(C)C)cc1S(=O)(=O)Cl. The molecule has 0 aromatic carbocycles. The maximum absolute atomic E-state index is 12.0. The van der Waals surface area contributed by atoms with E-state index in [4.69, 9.17) is 15.1 Å². The van der Waals surface area contributed by atoms with Crippen LogP contribution in [0.15, 0.2) is 15.4 Å². The average Bonchev–Trinajstić information content (AvgIpc) is 2.63. The second kappa shape index (κ2) is 4.74. The van der Waals surface area contributed by atoms with E-state index in [1.165, 1.54) is 6.92 Å². The molecule has 1 aromatic rings. The van der Waals surface area contributed by atoms with Gasteiger partial charge in [-0.25, -0.2) is 8.42 Å². The zero-order valence-corrected chi connectivity index (χ0v) is 14.4. The van der Waals surface area contributed by atoms with Gasteiger partial charge in [-0.2, -0.15) is 0 Å². The van der Waals surface area contributed by atoms with Crippen LogP contribution < -0.4 is 5.32 Å². The molecule has 21 heavy (non-hydrogen) atoms. The topological polar surface area (TPSA) is 76.4 Å². The van der Waals surface area contributed by atoms with Crippen molar-refractivity contribution in [3.8, 4) is 0 Å². The predicted molar refractivity (Wildman–Crippen MR) is 79.9 cm³/mol.